The molecular formula is C44H24F5N3. The summed E-state index contributed by atoms with van der Waals surface area (Å²) in [5, 5.41) is 13.3. The van der Waals surface area contributed by atoms with Crippen molar-refractivity contribution in [2.24, 2.45) is 0 Å². The molecule has 8 heteroatoms. The molecular weight excluding hydrogens is 665 g/mol. The lowest BCUT2D eigenvalue weighted by molar-refractivity contribution is -0.137. The fraction of sp³-hybridized carbons (Fsp3) is 0.0227. The Bertz CT molecular complexity index is 2870. The molecule has 0 atom stereocenters. The molecule has 7 aromatic carbocycles. The number of hydrogen-bond donors (Lipinski definition) is 0. The van der Waals surface area contributed by atoms with Gasteiger partial charge in [-0.05, 0) is 90.0 Å². The number of rotatable bonds is 4. The van der Waals surface area contributed by atoms with Crippen LogP contribution in [0, 0.1) is 23.0 Å². The zero-order valence-corrected chi connectivity index (χ0v) is 27.1. The van der Waals surface area contributed by atoms with Crippen LogP contribution in [0.5, 0.6) is 0 Å². The van der Waals surface area contributed by atoms with Crippen LogP contribution in [0.25, 0.3) is 77.2 Å². The molecule has 0 aliphatic carbocycles. The van der Waals surface area contributed by atoms with Gasteiger partial charge < -0.3 is 9.13 Å². The van der Waals surface area contributed by atoms with Crippen molar-refractivity contribution >= 4 is 43.6 Å². The molecule has 0 unspecified atom stereocenters. The van der Waals surface area contributed by atoms with E-state index in [2.05, 4.69) is 6.07 Å². The quantitative estimate of drug-likeness (QED) is 0.169. The van der Waals surface area contributed by atoms with E-state index in [1.54, 1.807) is 24.3 Å². The minimum absolute atomic E-state index is 0.256. The third-order valence-electron chi connectivity index (χ3n) is 9.67. The molecule has 3 nitrogen and oxygen atoms in total. The van der Waals surface area contributed by atoms with Gasteiger partial charge in [0.1, 0.15) is 11.6 Å². The van der Waals surface area contributed by atoms with Gasteiger partial charge in [-0.25, -0.2) is 8.78 Å². The molecule has 0 aliphatic heterocycles. The van der Waals surface area contributed by atoms with Crippen LogP contribution in [-0.2, 0) is 6.18 Å². The number of aromatic nitrogens is 2. The van der Waals surface area contributed by atoms with Gasteiger partial charge in [0.25, 0.3) is 0 Å². The van der Waals surface area contributed by atoms with Crippen LogP contribution in [0.15, 0.2) is 146 Å². The van der Waals surface area contributed by atoms with Gasteiger partial charge in [0, 0.05) is 38.7 Å². The van der Waals surface area contributed by atoms with Gasteiger partial charge in [-0.15, -0.1) is 0 Å². The van der Waals surface area contributed by atoms with E-state index in [-0.39, 0.29) is 5.56 Å². The van der Waals surface area contributed by atoms with E-state index < -0.39 is 23.4 Å². The zero-order chi connectivity index (χ0) is 35.7. The predicted octanol–water partition coefficient (Wildman–Crippen LogP) is 12.4. The van der Waals surface area contributed by atoms with E-state index in [0.29, 0.717) is 33.6 Å². The number of nitriles is 1. The Morgan fingerprint density at radius 3 is 1.52 bits per heavy atom. The third-order valence-corrected chi connectivity index (χ3v) is 9.67. The molecule has 0 saturated heterocycles. The molecule has 250 valence electrons. The largest absolute Gasteiger partial charge is 0.416 e. The molecule has 9 aromatic rings. The van der Waals surface area contributed by atoms with Crippen LogP contribution in [0.4, 0.5) is 22.0 Å². The lowest BCUT2D eigenvalue weighted by Gasteiger charge is -2.17. The highest BCUT2D eigenvalue weighted by Gasteiger charge is 2.32. The Morgan fingerprint density at radius 1 is 0.462 bits per heavy atom. The number of hydrogen-bond acceptors (Lipinski definition) is 1. The fourth-order valence-corrected chi connectivity index (χ4v) is 7.46. The molecule has 2 aromatic heterocycles. The summed E-state index contributed by atoms with van der Waals surface area (Å²) in [6.45, 7) is 0. The van der Waals surface area contributed by atoms with Crippen molar-refractivity contribution in [3.8, 4) is 39.7 Å². The lowest BCUT2D eigenvalue weighted by Crippen LogP contribution is -2.07. The Labute approximate surface area is 293 Å². The first-order valence-corrected chi connectivity index (χ1v) is 16.4. The minimum atomic E-state index is -4.57. The van der Waals surface area contributed by atoms with Crippen molar-refractivity contribution in [3.63, 3.8) is 0 Å². The summed E-state index contributed by atoms with van der Waals surface area (Å²) in [5.41, 5.74) is 5.61. The van der Waals surface area contributed by atoms with Crippen molar-refractivity contribution in [1.82, 2.24) is 9.13 Å². The van der Waals surface area contributed by atoms with Crippen LogP contribution in [0.3, 0.4) is 0 Å². The Hall–Kier alpha value is -6.72. The minimum Gasteiger partial charge on any atom is -0.309 e. The summed E-state index contributed by atoms with van der Waals surface area (Å²) in [5.74, 6) is -1.51. The highest BCUT2D eigenvalue weighted by molar-refractivity contribution is 6.12. The van der Waals surface area contributed by atoms with Gasteiger partial charge >= 0.3 is 6.18 Å². The SMILES string of the molecule is N#Cc1ccc(-n2c3ccccc3c3cc(-c4cc(C(F)(F)F)ccc4-n4c5ccccc5c5ccccc54)ccc32)c(-c2cc(F)cc(F)c2)c1. The van der Waals surface area contributed by atoms with Crippen LogP contribution in [0.2, 0.25) is 0 Å². The number of fused-ring (bicyclic) bond motifs is 6. The van der Waals surface area contributed by atoms with Crippen molar-refractivity contribution in [2.45, 2.75) is 6.18 Å². The molecule has 0 amide bonds. The summed E-state index contributed by atoms with van der Waals surface area (Å²) in [4.78, 5) is 0. The number of para-hydroxylation sites is 3. The summed E-state index contributed by atoms with van der Waals surface area (Å²) in [6.07, 6.45) is -4.57. The maximum Gasteiger partial charge on any atom is 0.416 e. The van der Waals surface area contributed by atoms with Gasteiger partial charge in [-0.3, -0.25) is 0 Å². The molecule has 0 fully saturated rings. The second-order valence-electron chi connectivity index (χ2n) is 12.7. The maximum atomic E-state index is 14.5. The van der Waals surface area contributed by atoms with E-state index in [4.69, 9.17) is 0 Å². The van der Waals surface area contributed by atoms with E-state index in [0.717, 1.165) is 55.7 Å². The van der Waals surface area contributed by atoms with Gasteiger partial charge in [0.2, 0.25) is 0 Å². The Balaban J connectivity index is 1.33. The Morgan fingerprint density at radius 2 is 0.962 bits per heavy atom. The highest BCUT2D eigenvalue weighted by Crippen LogP contribution is 2.43. The summed E-state index contributed by atoms with van der Waals surface area (Å²) in [6, 6.07) is 43.0. The van der Waals surface area contributed by atoms with Crippen molar-refractivity contribution in [3.05, 3.63) is 168 Å². The monoisotopic (exact) mass is 689 g/mol. The van der Waals surface area contributed by atoms with Crippen LogP contribution < -0.4 is 0 Å². The van der Waals surface area contributed by atoms with Gasteiger partial charge in [-0.2, -0.15) is 18.4 Å². The fourth-order valence-electron chi connectivity index (χ4n) is 7.46. The first-order chi connectivity index (χ1) is 25.2. The summed E-state index contributed by atoms with van der Waals surface area (Å²) >= 11 is 0. The van der Waals surface area contributed by atoms with E-state index in [1.807, 2.05) is 94.1 Å². The van der Waals surface area contributed by atoms with Gasteiger partial charge in [-0.1, -0.05) is 60.7 Å². The number of nitrogens with zero attached hydrogens (tertiary/aromatic N) is 3. The first kappa shape index (κ1) is 31.3. The van der Waals surface area contributed by atoms with Crippen molar-refractivity contribution < 1.29 is 22.0 Å². The van der Waals surface area contributed by atoms with Crippen molar-refractivity contribution in [2.75, 3.05) is 0 Å². The highest BCUT2D eigenvalue weighted by atomic mass is 19.4. The van der Waals surface area contributed by atoms with E-state index in [9.17, 15) is 27.2 Å². The molecule has 0 saturated carbocycles. The van der Waals surface area contributed by atoms with Crippen LogP contribution >= 0.6 is 0 Å². The molecule has 2 heterocycles. The van der Waals surface area contributed by atoms with Crippen LogP contribution in [-0.4, -0.2) is 9.13 Å². The smallest absolute Gasteiger partial charge is 0.309 e. The van der Waals surface area contributed by atoms with Crippen molar-refractivity contribution in [1.29, 1.82) is 5.26 Å². The standard InChI is InChI=1S/C44H24F5N3/c45-30-20-28(21-31(46)24-30)35-19-26(25-50)13-16-41(35)52-40-12-6-3-9-34(40)37-22-27(14-17-43(37)52)36-23-29(44(47,48)49)15-18-42(36)51-38-10-4-1-7-32(38)33-8-2-5-11-39(33)51/h1-24H. The topological polar surface area (TPSA) is 33.6 Å². The van der Waals surface area contributed by atoms with Gasteiger partial charge in [0.05, 0.1) is 50.6 Å². The maximum absolute atomic E-state index is 14.5. The number of alkyl halides is 3. The molecule has 0 aliphatic rings. The second kappa shape index (κ2) is 11.7. The summed E-state index contributed by atoms with van der Waals surface area (Å²) < 4.78 is 75.9. The van der Waals surface area contributed by atoms with Gasteiger partial charge in [0.15, 0.2) is 0 Å². The Kier molecular flexibility index (Phi) is 7.02. The van der Waals surface area contributed by atoms with Crippen LogP contribution in [0.1, 0.15) is 11.1 Å². The molecule has 0 N–H and O–H groups in total. The lowest BCUT2D eigenvalue weighted by atomic mass is 9.98. The molecule has 52 heavy (non-hydrogen) atoms. The first-order valence-electron chi connectivity index (χ1n) is 16.4. The number of benzene rings is 7. The molecule has 0 spiro atoms. The molecule has 0 bridgehead atoms. The van der Waals surface area contributed by atoms with E-state index in [1.165, 1.54) is 24.3 Å². The predicted molar refractivity (Wildman–Crippen MR) is 196 cm³/mol. The normalized spacial score (nSPS) is 11.9. The zero-order valence-electron chi connectivity index (χ0n) is 27.1. The second-order valence-corrected chi connectivity index (χ2v) is 12.7. The molecule has 0 radical (unpaired) electrons. The summed E-state index contributed by atoms with van der Waals surface area (Å²) in [7, 11) is 0. The average molecular weight is 690 g/mol. The third kappa shape index (κ3) is 4.93. The van der Waals surface area contributed by atoms with E-state index >= 15 is 0 Å². The molecule has 9 rings (SSSR count). The number of halogens is 5. The average Bonchev–Trinajstić information content (AvgIpc) is 3.66.